The first-order chi connectivity index (χ1) is 11.2. The molecule has 0 aromatic heterocycles. The highest BCUT2D eigenvalue weighted by Gasteiger charge is 1.78. The van der Waals surface area contributed by atoms with Gasteiger partial charge in [-0.05, 0) is 75.5 Å². The quantitative estimate of drug-likeness (QED) is 0.360. The van der Waals surface area contributed by atoms with Gasteiger partial charge in [-0.3, -0.25) is 0 Å². The van der Waals surface area contributed by atoms with Crippen LogP contribution in [0.2, 0.25) is 0 Å². The number of rotatable bonds is 4. The van der Waals surface area contributed by atoms with Crippen LogP contribution < -0.4 is 0 Å². The minimum Gasteiger partial charge on any atom is -0.501 e. The third-order valence-electron chi connectivity index (χ3n) is 1.75. The maximum atomic E-state index is 10.1. The van der Waals surface area contributed by atoms with Crippen LogP contribution in [-0.2, 0) is 4.79 Å². The lowest BCUT2D eigenvalue weighted by molar-refractivity contribution is -0.131. The Hall–Kier alpha value is -3.89. The van der Waals surface area contributed by atoms with Gasteiger partial charge in [0.05, 0.1) is 6.08 Å². The molecule has 0 aliphatic heterocycles. The molecule has 0 aliphatic rings. The van der Waals surface area contributed by atoms with Crippen LogP contribution in [0.4, 0.5) is 0 Å². The predicted octanol–water partition coefficient (Wildman–Crippen LogP) is 3.73. The molecule has 0 spiro atoms. The Bertz CT molecular complexity index is 930. The summed E-state index contributed by atoms with van der Waals surface area (Å²) in [7, 11) is 0. The SMILES string of the molecule is CCCC=CC(O)=C=C=C=C=C=C=C=C=C=C=C=C=CC(=O)O. The van der Waals surface area contributed by atoms with Crippen LogP contribution in [-0.4, -0.2) is 16.2 Å². The van der Waals surface area contributed by atoms with Crippen LogP contribution in [0.5, 0.6) is 0 Å². The van der Waals surface area contributed by atoms with Crippen LogP contribution in [0.15, 0.2) is 92.8 Å². The summed E-state index contributed by atoms with van der Waals surface area (Å²) in [6, 6.07) is 0. The lowest BCUT2D eigenvalue weighted by atomic mass is 10.3. The lowest BCUT2D eigenvalue weighted by Gasteiger charge is -1.83. The number of allylic oxidation sites excluding steroid dienone is 2. The Morgan fingerprint density at radius 1 is 0.870 bits per heavy atom. The highest BCUT2D eigenvalue weighted by atomic mass is 16.4. The highest BCUT2D eigenvalue weighted by molar-refractivity contribution is 5.79. The summed E-state index contributed by atoms with van der Waals surface area (Å²) in [6.45, 7) is 2.04. The van der Waals surface area contributed by atoms with Crippen molar-refractivity contribution in [1.29, 1.82) is 0 Å². The number of carboxylic acid groups (broad SMARTS) is 1. The highest BCUT2D eigenvalue weighted by Crippen LogP contribution is 1.92. The van der Waals surface area contributed by atoms with Gasteiger partial charge in [0.2, 0.25) is 0 Å². The van der Waals surface area contributed by atoms with Crippen LogP contribution in [0.25, 0.3) is 0 Å². The molecule has 0 aromatic rings. The van der Waals surface area contributed by atoms with Crippen molar-refractivity contribution in [2.24, 2.45) is 0 Å². The summed E-state index contributed by atoms with van der Waals surface area (Å²) in [5.41, 5.74) is 28.7. The molecule has 0 aliphatic carbocycles. The standard InChI is InChI=1S/C20H12O3/c1-2-3-13-16-19(21)17-14-11-9-7-5-4-6-8-10-12-15-18-20(22)23/h13,16,18,21H,2-3H2,1H3,(H,22,23). The minimum atomic E-state index is -1.12. The second-order valence-corrected chi connectivity index (χ2v) is 3.58. The molecule has 0 rings (SSSR count). The van der Waals surface area contributed by atoms with E-state index in [0.717, 1.165) is 18.9 Å². The van der Waals surface area contributed by atoms with E-state index in [2.05, 4.69) is 68.8 Å². The first-order valence-corrected chi connectivity index (χ1v) is 6.47. The van der Waals surface area contributed by atoms with Gasteiger partial charge in [-0.1, -0.05) is 25.2 Å². The van der Waals surface area contributed by atoms with E-state index in [4.69, 9.17) is 5.11 Å². The molecule has 0 saturated carbocycles. The molecule has 2 N–H and O–H groups in total. The molecule has 23 heavy (non-hydrogen) atoms. The smallest absolute Gasteiger partial charge is 0.336 e. The van der Waals surface area contributed by atoms with Gasteiger partial charge in [-0.25, -0.2) is 4.79 Å². The van der Waals surface area contributed by atoms with Crippen molar-refractivity contribution in [3.8, 4) is 0 Å². The molecule has 0 saturated heterocycles. The molecule has 110 valence electrons. The summed E-state index contributed by atoms with van der Waals surface area (Å²) in [4.78, 5) is 10.1. The van der Waals surface area contributed by atoms with Crippen LogP contribution in [0, 0.1) is 0 Å². The summed E-state index contributed by atoms with van der Waals surface area (Å²) >= 11 is 0. The molecular formula is C20H12O3. The van der Waals surface area contributed by atoms with Gasteiger partial charge in [-0.2, -0.15) is 0 Å². The molecule has 0 heterocycles. The Morgan fingerprint density at radius 2 is 1.39 bits per heavy atom. The van der Waals surface area contributed by atoms with Crippen molar-refractivity contribution in [3.05, 3.63) is 92.8 Å². The van der Waals surface area contributed by atoms with E-state index in [1.807, 2.05) is 13.0 Å². The second-order valence-electron chi connectivity index (χ2n) is 3.58. The van der Waals surface area contributed by atoms with E-state index in [-0.39, 0.29) is 5.76 Å². The Kier molecular flexibility index (Phi) is 12.1. The number of hydrogen-bond acceptors (Lipinski definition) is 2. The van der Waals surface area contributed by atoms with Gasteiger partial charge in [0.15, 0.2) is 5.76 Å². The fraction of sp³-hybridized carbons (Fsp3) is 0.150. The van der Waals surface area contributed by atoms with Crippen LogP contribution in [0.1, 0.15) is 19.8 Å². The summed E-state index contributed by atoms with van der Waals surface area (Å²) < 4.78 is 0. The van der Waals surface area contributed by atoms with Crippen LogP contribution in [0.3, 0.4) is 0 Å². The van der Waals surface area contributed by atoms with E-state index in [1.54, 1.807) is 0 Å². The van der Waals surface area contributed by atoms with E-state index < -0.39 is 5.97 Å². The summed E-state index contributed by atoms with van der Waals surface area (Å²) in [5.74, 6) is -1.17. The number of hydrogen-bond donors (Lipinski definition) is 2. The Morgan fingerprint density at radius 3 is 1.91 bits per heavy atom. The molecule has 0 atom stereocenters. The number of aliphatic hydroxyl groups is 1. The molecule has 0 radical (unpaired) electrons. The Balaban J connectivity index is 5.40. The zero-order chi connectivity index (χ0) is 17.2. The molecule has 3 nitrogen and oxygen atoms in total. The number of aliphatic hydroxyl groups excluding tert-OH is 1. The average molecular weight is 300 g/mol. The molecular weight excluding hydrogens is 288 g/mol. The number of aliphatic carboxylic acids is 1. The van der Waals surface area contributed by atoms with Gasteiger partial charge in [0.25, 0.3) is 0 Å². The molecule has 0 unspecified atom stereocenters. The molecule has 0 fully saturated rings. The van der Waals surface area contributed by atoms with Crippen molar-refractivity contribution in [2.45, 2.75) is 19.8 Å². The van der Waals surface area contributed by atoms with Gasteiger partial charge >= 0.3 is 5.97 Å². The van der Waals surface area contributed by atoms with Gasteiger partial charge in [-0.15, -0.1) is 0 Å². The normalized spacial score (nSPS) is 6.83. The monoisotopic (exact) mass is 300 g/mol. The topological polar surface area (TPSA) is 57.5 Å². The molecule has 0 bridgehead atoms. The minimum absolute atomic E-state index is 0.0444. The van der Waals surface area contributed by atoms with Crippen molar-refractivity contribution in [2.75, 3.05) is 0 Å². The van der Waals surface area contributed by atoms with Gasteiger partial charge < -0.3 is 10.2 Å². The zero-order valence-corrected chi connectivity index (χ0v) is 12.4. The van der Waals surface area contributed by atoms with E-state index >= 15 is 0 Å². The third-order valence-corrected chi connectivity index (χ3v) is 1.75. The second kappa shape index (κ2) is 14.5. The molecule has 0 amide bonds. The van der Waals surface area contributed by atoms with Gasteiger partial charge in [0.1, 0.15) is 0 Å². The first-order valence-electron chi connectivity index (χ1n) is 6.47. The Labute approximate surface area is 134 Å². The van der Waals surface area contributed by atoms with E-state index in [0.29, 0.717) is 0 Å². The van der Waals surface area contributed by atoms with Crippen molar-refractivity contribution in [1.82, 2.24) is 0 Å². The fourth-order valence-corrected chi connectivity index (χ4v) is 0.882. The maximum absolute atomic E-state index is 10.1. The van der Waals surface area contributed by atoms with E-state index in [9.17, 15) is 9.90 Å². The van der Waals surface area contributed by atoms with Crippen LogP contribution >= 0.6 is 0 Å². The first kappa shape index (κ1) is 19.1. The van der Waals surface area contributed by atoms with Crippen molar-refractivity contribution < 1.29 is 15.0 Å². The van der Waals surface area contributed by atoms with Gasteiger partial charge in [0, 0.05) is 0 Å². The summed E-state index contributed by atoms with van der Waals surface area (Å²) in [6.07, 6.45) is 6.04. The largest absolute Gasteiger partial charge is 0.501 e. The third kappa shape index (κ3) is 16.1. The zero-order valence-electron chi connectivity index (χ0n) is 12.4. The number of carbonyl (C=O) groups is 1. The average Bonchev–Trinajstić information content (AvgIpc) is 2.51. The maximum Gasteiger partial charge on any atom is 0.336 e. The molecule has 3 heteroatoms. The molecule has 0 aromatic carbocycles. The predicted molar refractivity (Wildman–Crippen MR) is 84.6 cm³/mol. The fourth-order valence-electron chi connectivity index (χ4n) is 0.882. The lowest BCUT2D eigenvalue weighted by Crippen LogP contribution is -1.82. The van der Waals surface area contributed by atoms with Crippen molar-refractivity contribution >= 4 is 5.97 Å². The number of carboxylic acids is 1. The van der Waals surface area contributed by atoms with Crippen molar-refractivity contribution in [3.63, 3.8) is 0 Å². The number of unbranched alkanes of at least 4 members (excludes halogenated alkanes) is 1. The summed E-state index contributed by atoms with van der Waals surface area (Å²) in [5, 5.41) is 17.6. The van der Waals surface area contributed by atoms with E-state index in [1.165, 1.54) is 6.08 Å².